The summed E-state index contributed by atoms with van der Waals surface area (Å²) in [7, 11) is 0. The van der Waals surface area contributed by atoms with E-state index in [-0.39, 0.29) is 5.97 Å². The molecule has 0 aliphatic carbocycles. The van der Waals surface area contributed by atoms with Crippen molar-refractivity contribution in [3.63, 3.8) is 0 Å². The second kappa shape index (κ2) is 5.45. The van der Waals surface area contributed by atoms with Gasteiger partial charge >= 0.3 is 5.97 Å². The van der Waals surface area contributed by atoms with Crippen LogP contribution in [-0.4, -0.2) is 16.6 Å². The van der Waals surface area contributed by atoms with E-state index in [1.807, 2.05) is 33.8 Å². The number of carbonyl (C=O) groups is 1. The zero-order valence-corrected chi connectivity index (χ0v) is 12.0. The van der Waals surface area contributed by atoms with Crippen molar-refractivity contribution in [2.24, 2.45) is 0 Å². The highest BCUT2D eigenvalue weighted by atomic mass is 79.9. The number of pyridine rings is 1. The Morgan fingerprint density at radius 3 is 2.65 bits per heavy atom. The van der Waals surface area contributed by atoms with Gasteiger partial charge in [0.05, 0.1) is 5.69 Å². The first-order valence-corrected chi connectivity index (χ1v) is 6.10. The lowest BCUT2D eigenvalue weighted by Gasteiger charge is -2.17. The second-order valence-corrected chi connectivity index (χ2v) is 5.64. The van der Waals surface area contributed by atoms with E-state index in [4.69, 9.17) is 4.74 Å². The molecule has 0 aliphatic heterocycles. The molecule has 0 aliphatic rings. The van der Waals surface area contributed by atoms with Gasteiger partial charge in [-0.2, -0.15) is 0 Å². The number of hydrogen-bond acceptors (Lipinski definition) is 3. The average Bonchev–Trinajstić information content (AvgIpc) is 2.13. The van der Waals surface area contributed by atoms with Crippen LogP contribution in [0.2, 0.25) is 0 Å². The molecule has 0 fully saturated rings. The molecule has 0 atom stereocenters. The molecule has 1 heterocycles. The van der Waals surface area contributed by atoms with Gasteiger partial charge in [0, 0.05) is 16.7 Å². The van der Waals surface area contributed by atoms with Crippen LogP contribution in [0.4, 0.5) is 0 Å². The molecule has 1 aromatic heterocycles. The predicted molar refractivity (Wildman–Crippen MR) is 71.6 cm³/mol. The number of ether oxygens (including phenoxy) is 1. The first kappa shape index (κ1) is 13.9. The predicted octanol–water partition coefficient (Wildman–Crippen LogP) is 3.51. The van der Waals surface area contributed by atoms with E-state index in [1.54, 1.807) is 12.3 Å². The maximum Gasteiger partial charge on any atom is 0.331 e. The van der Waals surface area contributed by atoms with Gasteiger partial charge in [0.15, 0.2) is 0 Å². The third-order valence-electron chi connectivity index (χ3n) is 1.87. The van der Waals surface area contributed by atoms with Crippen LogP contribution < -0.4 is 0 Å². The summed E-state index contributed by atoms with van der Waals surface area (Å²) in [5, 5.41) is 0. The van der Waals surface area contributed by atoms with Crippen molar-refractivity contribution in [1.29, 1.82) is 0 Å². The molecule has 0 saturated heterocycles. The van der Waals surface area contributed by atoms with Crippen molar-refractivity contribution in [3.05, 3.63) is 34.1 Å². The fraction of sp³-hybridized carbons (Fsp3) is 0.385. The molecule has 4 heteroatoms. The molecule has 0 spiro atoms. The SMILES string of the molecule is Cc1cc(Br)cnc1/C=C/C(=O)OC(C)(C)C. The van der Waals surface area contributed by atoms with Crippen molar-refractivity contribution in [2.75, 3.05) is 0 Å². The van der Waals surface area contributed by atoms with Crippen molar-refractivity contribution in [2.45, 2.75) is 33.3 Å². The summed E-state index contributed by atoms with van der Waals surface area (Å²) in [5.74, 6) is -0.360. The Morgan fingerprint density at radius 2 is 2.12 bits per heavy atom. The lowest BCUT2D eigenvalue weighted by molar-refractivity contribution is -0.148. The molecule has 17 heavy (non-hydrogen) atoms. The fourth-order valence-electron chi connectivity index (χ4n) is 1.21. The molecular formula is C13H16BrNO2. The number of aromatic nitrogens is 1. The highest BCUT2D eigenvalue weighted by Gasteiger charge is 2.13. The summed E-state index contributed by atoms with van der Waals surface area (Å²) in [6, 6.07) is 1.95. The normalized spacial score (nSPS) is 11.8. The summed E-state index contributed by atoms with van der Waals surface area (Å²) < 4.78 is 6.08. The molecule has 0 unspecified atom stereocenters. The van der Waals surface area contributed by atoms with E-state index in [1.165, 1.54) is 6.08 Å². The molecule has 0 N–H and O–H groups in total. The quantitative estimate of drug-likeness (QED) is 0.619. The summed E-state index contributed by atoms with van der Waals surface area (Å²) in [4.78, 5) is 15.7. The van der Waals surface area contributed by atoms with Gasteiger partial charge < -0.3 is 4.74 Å². The van der Waals surface area contributed by atoms with Crippen molar-refractivity contribution < 1.29 is 9.53 Å². The van der Waals surface area contributed by atoms with Gasteiger partial charge in [-0.05, 0) is 61.3 Å². The van der Waals surface area contributed by atoms with Gasteiger partial charge in [-0.25, -0.2) is 4.79 Å². The highest BCUT2D eigenvalue weighted by molar-refractivity contribution is 9.10. The number of hydrogen-bond donors (Lipinski definition) is 0. The monoisotopic (exact) mass is 297 g/mol. The maximum atomic E-state index is 11.5. The first-order valence-electron chi connectivity index (χ1n) is 5.31. The Hall–Kier alpha value is -1.16. The Labute approximate surface area is 110 Å². The molecule has 0 radical (unpaired) electrons. The molecule has 0 bridgehead atoms. The van der Waals surface area contributed by atoms with E-state index in [9.17, 15) is 4.79 Å². The van der Waals surface area contributed by atoms with Crippen molar-refractivity contribution >= 4 is 28.0 Å². The van der Waals surface area contributed by atoms with Gasteiger partial charge in [0.25, 0.3) is 0 Å². The third-order valence-corrected chi connectivity index (χ3v) is 2.30. The fourth-order valence-corrected chi connectivity index (χ4v) is 1.65. The number of rotatable bonds is 2. The summed E-state index contributed by atoms with van der Waals surface area (Å²) in [6.07, 6.45) is 4.76. The van der Waals surface area contributed by atoms with Crippen LogP contribution in [0.25, 0.3) is 6.08 Å². The molecule has 0 aromatic carbocycles. The van der Waals surface area contributed by atoms with Crippen LogP contribution in [-0.2, 0) is 9.53 Å². The Balaban J connectivity index is 2.74. The number of carbonyl (C=O) groups excluding carboxylic acids is 1. The number of nitrogens with zero attached hydrogens (tertiary/aromatic N) is 1. The van der Waals surface area contributed by atoms with Gasteiger partial charge in [-0.3, -0.25) is 4.98 Å². The Kier molecular flexibility index (Phi) is 4.46. The van der Waals surface area contributed by atoms with Gasteiger partial charge in [-0.1, -0.05) is 0 Å². The van der Waals surface area contributed by atoms with Gasteiger partial charge in [0.2, 0.25) is 0 Å². The van der Waals surface area contributed by atoms with Crippen LogP contribution in [0, 0.1) is 6.92 Å². The average molecular weight is 298 g/mol. The minimum absolute atomic E-state index is 0.360. The molecule has 3 nitrogen and oxygen atoms in total. The Bertz CT molecular complexity index is 447. The smallest absolute Gasteiger partial charge is 0.331 e. The minimum atomic E-state index is -0.469. The van der Waals surface area contributed by atoms with Crippen molar-refractivity contribution in [3.8, 4) is 0 Å². The lowest BCUT2D eigenvalue weighted by atomic mass is 10.2. The van der Waals surface area contributed by atoms with E-state index in [2.05, 4.69) is 20.9 Å². The topological polar surface area (TPSA) is 39.2 Å². The molecule has 1 rings (SSSR count). The molecule has 0 saturated carbocycles. The Morgan fingerprint density at radius 1 is 1.47 bits per heavy atom. The van der Waals surface area contributed by atoms with Crippen LogP contribution in [0.3, 0.4) is 0 Å². The standard InChI is InChI=1S/C13H16BrNO2/c1-9-7-10(14)8-15-11(9)5-6-12(16)17-13(2,3)4/h5-8H,1-4H3/b6-5+. The van der Waals surface area contributed by atoms with Gasteiger partial charge in [-0.15, -0.1) is 0 Å². The lowest BCUT2D eigenvalue weighted by Crippen LogP contribution is -2.22. The number of aryl methyl sites for hydroxylation is 1. The zero-order valence-electron chi connectivity index (χ0n) is 10.5. The summed E-state index contributed by atoms with van der Waals surface area (Å²) in [6.45, 7) is 7.44. The summed E-state index contributed by atoms with van der Waals surface area (Å²) in [5.41, 5.74) is 1.29. The molecular weight excluding hydrogens is 282 g/mol. The maximum absolute atomic E-state index is 11.5. The van der Waals surface area contributed by atoms with E-state index < -0.39 is 5.60 Å². The van der Waals surface area contributed by atoms with Crippen LogP contribution >= 0.6 is 15.9 Å². The van der Waals surface area contributed by atoms with Crippen molar-refractivity contribution in [1.82, 2.24) is 4.98 Å². The largest absolute Gasteiger partial charge is 0.457 e. The third kappa shape index (κ3) is 5.13. The second-order valence-electron chi connectivity index (χ2n) is 4.72. The van der Waals surface area contributed by atoms with Crippen LogP contribution in [0.15, 0.2) is 22.8 Å². The zero-order chi connectivity index (χ0) is 13.1. The molecule has 92 valence electrons. The van der Waals surface area contributed by atoms with E-state index in [0.717, 1.165) is 15.7 Å². The summed E-state index contributed by atoms with van der Waals surface area (Å²) >= 11 is 3.34. The molecule has 1 aromatic rings. The highest BCUT2D eigenvalue weighted by Crippen LogP contribution is 2.14. The van der Waals surface area contributed by atoms with E-state index in [0.29, 0.717) is 0 Å². The minimum Gasteiger partial charge on any atom is -0.457 e. The van der Waals surface area contributed by atoms with Crippen LogP contribution in [0.1, 0.15) is 32.0 Å². The van der Waals surface area contributed by atoms with Gasteiger partial charge in [0.1, 0.15) is 5.60 Å². The van der Waals surface area contributed by atoms with Crippen LogP contribution in [0.5, 0.6) is 0 Å². The number of esters is 1. The first-order chi connectivity index (χ1) is 7.78. The van der Waals surface area contributed by atoms with E-state index >= 15 is 0 Å². The number of halogens is 1. The molecule has 0 amide bonds.